The normalized spacial score (nSPS) is 11.1. The molecule has 0 bridgehead atoms. The molecule has 0 aliphatic heterocycles. The van der Waals surface area contributed by atoms with Crippen molar-refractivity contribution in [2.45, 2.75) is 4.90 Å². The van der Waals surface area contributed by atoms with Gasteiger partial charge in [0.1, 0.15) is 11.5 Å². The second-order valence-electron chi connectivity index (χ2n) is 5.70. The maximum absolute atomic E-state index is 11.3. The van der Waals surface area contributed by atoms with Crippen LogP contribution in [-0.4, -0.2) is 27.2 Å². The lowest BCUT2D eigenvalue weighted by atomic mass is 10.2. The van der Waals surface area contributed by atoms with Gasteiger partial charge in [-0.1, -0.05) is 0 Å². The van der Waals surface area contributed by atoms with Crippen molar-refractivity contribution >= 4 is 27.2 Å². The molecule has 1 N–H and O–H groups in total. The van der Waals surface area contributed by atoms with Crippen LogP contribution in [0, 0.1) is 0 Å². The molecule has 7 heteroatoms. The van der Waals surface area contributed by atoms with E-state index in [1.165, 1.54) is 12.1 Å². The van der Waals surface area contributed by atoms with Crippen LogP contribution in [0.25, 0.3) is 0 Å². The molecule has 3 aromatic rings. The highest BCUT2D eigenvalue weighted by Gasteiger charge is 2.15. The molecule has 0 saturated heterocycles. The van der Waals surface area contributed by atoms with Crippen molar-refractivity contribution in [3.63, 3.8) is 0 Å². The third-order valence-corrected chi connectivity index (χ3v) is 4.92. The molecular weight excluding hydrogens is 366 g/mol. The van der Waals surface area contributed by atoms with E-state index in [1.807, 2.05) is 53.4 Å². The van der Waals surface area contributed by atoms with Crippen LogP contribution in [0.4, 0.5) is 17.1 Å². The number of nitrogens with zero attached hydrogens (tertiary/aromatic N) is 1. The van der Waals surface area contributed by atoms with E-state index in [0.29, 0.717) is 0 Å². The van der Waals surface area contributed by atoms with E-state index in [1.54, 1.807) is 26.4 Å². The van der Waals surface area contributed by atoms with Crippen molar-refractivity contribution in [3.05, 3.63) is 72.8 Å². The molecule has 0 saturated carbocycles. The SMILES string of the molecule is COc1ccc(N(c2ccc(OC)cc2)c2ccc(S(=O)(=O)O)cc2)cc1. The number of rotatable bonds is 6. The molecule has 0 unspecified atom stereocenters. The Bertz CT molecular complexity index is 950. The van der Waals surface area contributed by atoms with Crippen molar-refractivity contribution < 1.29 is 22.4 Å². The van der Waals surface area contributed by atoms with Gasteiger partial charge in [0.15, 0.2) is 0 Å². The zero-order chi connectivity index (χ0) is 19.4. The maximum atomic E-state index is 11.3. The van der Waals surface area contributed by atoms with E-state index in [0.717, 1.165) is 28.6 Å². The molecule has 3 aromatic carbocycles. The second kappa shape index (κ2) is 7.69. The van der Waals surface area contributed by atoms with Gasteiger partial charge in [-0.2, -0.15) is 8.42 Å². The van der Waals surface area contributed by atoms with Crippen molar-refractivity contribution in [2.24, 2.45) is 0 Å². The molecule has 3 rings (SSSR count). The molecule has 27 heavy (non-hydrogen) atoms. The van der Waals surface area contributed by atoms with E-state index in [4.69, 9.17) is 9.47 Å². The number of hydrogen-bond donors (Lipinski definition) is 1. The molecule has 6 nitrogen and oxygen atoms in total. The first-order valence-electron chi connectivity index (χ1n) is 8.08. The number of hydrogen-bond acceptors (Lipinski definition) is 5. The summed E-state index contributed by atoms with van der Waals surface area (Å²) in [4.78, 5) is 1.79. The molecule has 0 amide bonds. The molecule has 0 aliphatic carbocycles. The summed E-state index contributed by atoms with van der Waals surface area (Å²) < 4.78 is 42.2. The Hall–Kier alpha value is -3.03. The Labute approximate surface area is 158 Å². The number of ether oxygens (including phenoxy) is 2. The van der Waals surface area contributed by atoms with Crippen LogP contribution in [0.2, 0.25) is 0 Å². The lowest BCUT2D eigenvalue weighted by Crippen LogP contribution is -2.10. The highest BCUT2D eigenvalue weighted by Crippen LogP contribution is 2.36. The van der Waals surface area contributed by atoms with Crippen LogP contribution in [0.15, 0.2) is 77.7 Å². The number of benzene rings is 3. The monoisotopic (exact) mass is 385 g/mol. The maximum Gasteiger partial charge on any atom is 0.294 e. The minimum Gasteiger partial charge on any atom is -0.497 e. The lowest BCUT2D eigenvalue weighted by Gasteiger charge is -2.25. The first-order valence-corrected chi connectivity index (χ1v) is 9.52. The highest BCUT2D eigenvalue weighted by atomic mass is 32.2. The molecule has 0 heterocycles. The van der Waals surface area contributed by atoms with Gasteiger partial charge in [-0.25, -0.2) is 0 Å². The van der Waals surface area contributed by atoms with Crippen LogP contribution in [-0.2, 0) is 10.1 Å². The van der Waals surface area contributed by atoms with Gasteiger partial charge in [0.25, 0.3) is 10.1 Å². The summed E-state index contributed by atoms with van der Waals surface area (Å²) in [6, 6.07) is 21.0. The molecular formula is C20H19NO5S. The Morgan fingerprint density at radius 2 is 1.00 bits per heavy atom. The van der Waals surface area contributed by atoms with E-state index in [9.17, 15) is 13.0 Å². The smallest absolute Gasteiger partial charge is 0.294 e. The van der Waals surface area contributed by atoms with Crippen LogP contribution in [0.3, 0.4) is 0 Å². The quantitative estimate of drug-likeness (QED) is 0.633. The summed E-state index contributed by atoms with van der Waals surface area (Å²) in [5.74, 6) is 1.46. The molecule has 0 aliphatic rings. The standard InChI is InChI=1S/C20H19NO5S/c1-25-18-9-3-15(4-10-18)21(16-5-11-19(26-2)12-6-16)17-7-13-20(14-8-17)27(22,23)24/h3-14H,1-2H3,(H,22,23,24). The fourth-order valence-corrected chi connectivity index (χ4v) is 3.16. The van der Waals surface area contributed by atoms with Gasteiger partial charge in [0.2, 0.25) is 0 Å². The molecule has 0 atom stereocenters. The summed E-state index contributed by atoms with van der Waals surface area (Å²) in [7, 11) is -1.04. The van der Waals surface area contributed by atoms with Gasteiger partial charge in [0.05, 0.1) is 19.1 Å². The third kappa shape index (κ3) is 4.21. The van der Waals surface area contributed by atoms with Crippen molar-refractivity contribution in [1.82, 2.24) is 0 Å². The van der Waals surface area contributed by atoms with Gasteiger partial charge in [-0.05, 0) is 72.8 Å². The Balaban J connectivity index is 2.08. The molecule has 0 spiro atoms. The fourth-order valence-electron chi connectivity index (χ4n) is 2.68. The first kappa shape index (κ1) is 18.8. The molecule has 0 aromatic heterocycles. The van der Waals surface area contributed by atoms with Gasteiger partial charge < -0.3 is 14.4 Å². The molecule has 0 fully saturated rings. The summed E-state index contributed by atoms with van der Waals surface area (Å²) in [6.45, 7) is 0. The topological polar surface area (TPSA) is 76.1 Å². The van der Waals surface area contributed by atoms with Crippen LogP contribution >= 0.6 is 0 Å². The van der Waals surface area contributed by atoms with Gasteiger partial charge in [0, 0.05) is 17.1 Å². The molecule has 140 valence electrons. The minimum atomic E-state index is -4.24. The largest absolute Gasteiger partial charge is 0.497 e. The summed E-state index contributed by atoms with van der Waals surface area (Å²) in [6.07, 6.45) is 0. The van der Waals surface area contributed by atoms with E-state index in [2.05, 4.69) is 0 Å². The van der Waals surface area contributed by atoms with Crippen LogP contribution in [0.5, 0.6) is 11.5 Å². The van der Waals surface area contributed by atoms with Crippen LogP contribution in [0.1, 0.15) is 0 Å². The predicted octanol–water partition coefficient (Wildman–Crippen LogP) is 4.42. The highest BCUT2D eigenvalue weighted by molar-refractivity contribution is 7.85. The van der Waals surface area contributed by atoms with E-state index in [-0.39, 0.29) is 4.90 Å². The zero-order valence-corrected chi connectivity index (χ0v) is 15.7. The zero-order valence-electron chi connectivity index (χ0n) is 14.9. The van der Waals surface area contributed by atoms with Crippen molar-refractivity contribution in [1.29, 1.82) is 0 Å². The van der Waals surface area contributed by atoms with Gasteiger partial charge in [-0.15, -0.1) is 0 Å². The van der Waals surface area contributed by atoms with E-state index < -0.39 is 10.1 Å². The lowest BCUT2D eigenvalue weighted by molar-refractivity contribution is 0.415. The minimum absolute atomic E-state index is 0.157. The average Bonchev–Trinajstić information content (AvgIpc) is 2.69. The van der Waals surface area contributed by atoms with Crippen molar-refractivity contribution in [2.75, 3.05) is 19.1 Å². The summed E-state index contributed by atoms with van der Waals surface area (Å²) >= 11 is 0. The Morgan fingerprint density at radius 3 is 1.30 bits per heavy atom. The summed E-state index contributed by atoms with van der Waals surface area (Å²) in [5, 5.41) is 0. The Kier molecular flexibility index (Phi) is 5.34. The second-order valence-corrected chi connectivity index (χ2v) is 7.12. The van der Waals surface area contributed by atoms with E-state index >= 15 is 0 Å². The Morgan fingerprint density at radius 1 is 0.667 bits per heavy atom. The average molecular weight is 385 g/mol. The third-order valence-electron chi connectivity index (χ3n) is 4.05. The van der Waals surface area contributed by atoms with Crippen LogP contribution < -0.4 is 14.4 Å². The first-order chi connectivity index (χ1) is 12.9. The number of methoxy groups -OCH3 is 2. The van der Waals surface area contributed by atoms with Crippen molar-refractivity contribution in [3.8, 4) is 11.5 Å². The number of anilines is 3. The fraction of sp³-hybridized carbons (Fsp3) is 0.100. The summed E-state index contributed by atoms with van der Waals surface area (Å²) in [5.41, 5.74) is 2.46. The molecule has 0 radical (unpaired) electrons. The predicted molar refractivity (Wildman–Crippen MR) is 104 cm³/mol. The van der Waals surface area contributed by atoms with Gasteiger partial charge >= 0.3 is 0 Å². The van der Waals surface area contributed by atoms with Gasteiger partial charge in [-0.3, -0.25) is 4.55 Å².